The van der Waals surface area contributed by atoms with Crippen LogP contribution < -0.4 is 0 Å². The Bertz CT molecular complexity index is 872. The molecular formula is C18H24N4O3S2. The Labute approximate surface area is 163 Å². The van der Waals surface area contributed by atoms with Crippen molar-refractivity contribution in [3.05, 3.63) is 34.9 Å². The summed E-state index contributed by atoms with van der Waals surface area (Å²) >= 11 is 1.65. The normalized spacial score (nSPS) is 21.3. The van der Waals surface area contributed by atoms with E-state index in [1.54, 1.807) is 11.3 Å². The molecule has 146 valence electrons. The maximum atomic E-state index is 13.5. The van der Waals surface area contributed by atoms with Gasteiger partial charge >= 0.3 is 0 Å². The van der Waals surface area contributed by atoms with Gasteiger partial charge in [0.15, 0.2) is 5.03 Å². The van der Waals surface area contributed by atoms with E-state index in [0.717, 1.165) is 30.6 Å². The number of carbonyl (C=O) groups is 1. The average Bonchev–Trinajstić information content (AvgIpc) is 3.40. The molecule has 0 atom stereocenters. The van der Waals surface area contributed by atoms with Crippen LogP contribution in [-0.2, 0) is 20.2 Å². The van der Waals surface area contributed by atoms with Gasteiger partial charge in [-0.3, -0.25) is 4.79 Å². The van der Waals surface area contributed by atoms with Crippen LogP contribution in [0, 0.1) is 0 Å². The number of sulfonamides is 1. The zero-order valence-electron chi connectivity index (χ0n) is 15.1. The molecule has 7 nitrogen and oxygen atoms in total. The van der Waals surface area contributed by atoms with Crippen LogP contribution in [0.3, 0.4) is 0 Å². The van der Waals surface area contributed by atoms with Crippen molar-refractivity contribution in [2.45, 2.75) is 42.5 Å². The molecule has 9 heteroatoms. The van der Waals surface area contributed by atoms with Crippen LogP contribution in [0.1, 0.15) is 37.0 Å². The highest BCUT2D eigenvalue weighted by Crippen LogP contribution is 2.44. The molecule has 2 aliphatic rings. The predicted molar refractivity (Wildman–Crippen MR) is 103 cm³/mol. The van der Waals surface area contributed by atoms with Gasteiger partial charge in [-0.2, -0.15) is 4.31 Å². The molecule has 4 rings (SSSR count). The van der Waals surface area contributed by atoms with Gasteiger partial charge in [0.2, 0.25) is 5.91 Å². The lowest BCUT2D eigenvalue weighted by Crippen LogP contribution is -2.46. The van der Waals surface area contributed by atoms with Gasteiger partial charge in [-0.15, -0.1) is 11.3 Å². The topological polar surface area (TPSA) is 86.4 Å². The van der Waals surface area contributed by atoms with Gasteiger partial charge in [0.25, 0.3) is 10.0 Å². The van der Waals surface area contributed by atoms with Crippen molar-refractivity contribution in [1.82, 2.24) is 19.2 Å². The summed E-state index contributed by atoms with van der Waals surface area (Å²) in [6.07, 6.45) is 7.24. The second kappa shape index (κ2) is 7.37. The molecule has 1 saturated heterocycles. The fourth-order valence-corrected chi connectivity index (χ4v) is 6.60. The Balaban J connectivity index is 1.52. The average molecular weight is 409 g/mol. The third-order valence-corrected chi connectivity index (χ3v) is 8.59. The van der Waals surface area contributed by atoms with Crippen molar-refractivity contribution in [3.63, 3.8) is 0 Å². The molecule has 1 aliphatic heterocycles. The summed E-state index contributed by atoms with van der Waals surface area (Å²) in [5.74, 6) is 0.170. The van der Waals surface area contributed by atoms with E-state index in [1.807, 2.05) is 16.3 Å². The first-order valence-electron chi connectivity index (χ1n) is 9.36. The van der Waals surface area contributed by atoms with E-state index >= 15 is 0 Å². The summed E-state index contributed by atoms with van der Waals surface area (Å²) in [5.41, 5.74) is -0.411. The van der Waals surface area contributed by atoms with Crippen LogP contribution in [0.2, 0.25) is 0 Å². The Morgan fingerprint density at radius 2 is 1.96 bits per heavy atom. The minimum absolute atomic E-state index is 0.105. The number of carbonyl (C=O) groups excluding carboxylic acids is 1. The van der Waals surface area contributed by atoms with Crippen LogP contribution in [0.5, 0.6) is 0 Å². The summed E-state index contributed by atoms with van der Waals surface area (Å²) in [5, 5.41) is 2.14. The number of thiophene rings is 1. The number of amides is 1. The molecule has 0 unspecified atom stereocenters. The van der Waals surface area contributed by atoms with E-state index in [2.05, 4.69) is 16.0 Å². The quantitative estimate of drug-likeness (QED) is 0.840. The second-order valence-electron chi connectivity index (χ2n) is 7.23. The maximum Gasteiger partial charge on any atom is 0.260 e. The lowest BCUT2D eigenvalue weighted by molar-refractivity contribution is -0.137. The van der Waals surface area contributed by atoms with Crippen molar-refractivity contribution >= 4 is 27.3 Å². The smallest absolute Gasteiger partial charge is 0.260 e. The molecule has 1 N–H and O–H groups in total. The van der Waals surface area contributed by atoms with Crippen LogP contribution in [0.15, 0.2) is 35.1 Å². The zero-order chi connectivity index (χ0) is 18.9. The molecule has 3 heterocycles. The van der Waals surface area contributed by atoms with Gasteiger partial charge in [-0.25, -0.2) is 13.4 Å². The molecule has 2 fully saturated rings. The Morgan fingerprint density at radius 3 is 2.63 bits per heavy atom. The number of H-pyrrole nitrogens is 1. The fraction of sp³-hybridized carbons (Fsp3) is 0.556. The number of imidazole rings is 1. The molecule has 0 aromatic carbocycles. The van der Waals surface area contributed by atoms with E-state index in [9.17, 15) is 13.2 Å². The monoisotopic (exact) mass is 408 g/mol. The van der Waals surface area contributed by atoms with Crippen LogP contribution >= 0.6 is 11.3 Å². The van der Waals surface area contributed by atoms with Crippen molar-refractivity contribution in [1.29, 1.82) is 0 Å². The molecule has 2 aromatic heterocycles. The molecule has 1 saturated carbocycles. The third-order valence-electron chi connectivity index (χ3n) is 5.69. The Hall–Kier alpha value is -1.71. The lowest BCUT2D eigenvalue weighted by Gasteiger charge is -2.33. The van der Waals surface area contributed by atoms with Crippen molar-refractivity contribution in [2.24, 2.45) is 0 Å². The number of rotatable bonds is 4. The van der Waals surface area contributed by atoms with E-state index < -0.39 is 15.4 Å². The molecule has 0 spiro atoms. The van der Waals surface area contributed by atoms with Gasteiger partial charge in [-0.05, 0) is 30.7 Å². The number of hydrogen-bond donors (Lipinski definition) is 1. The van der Waals surface area contributed by atoms with Gasteiger partial charge in [0.05, 0.1) is 17.9 Å². The molecular weight excluding hydrogens is 384 g/mol. The second-order valence-corrected chi connectivity index (χ2v) is 10.1. The first-order chi connectivity index (χ1) is 13.0. The van der Waals surface area contributed by atoms with Crippen LogP contribution in [-0.4, -0.2) is 59.7 Å². The predicted octanol–water partition coefficient (Wildman–Crippen LogP) is 2.21. The number of aromatic nitrogens is 2. The molecule has 1 amide bonds. The summed E-state index contributed by atoms with van der Waals surface area (Å²) in [4.78, 5) is 23.0. The molecule has 0 bridgehead atoms. The van der Waals surface area contributed by atoms with E-state index in [-0.39, 0.29) is 10.9 Å². The highest BCUT2D eigenvalue weighted by atomic mass is 32.2. The Morgan fingerprint density at radius 1 is 1.15 bits per heavy atom. The lowest BCUT2D eigenvalue weighted by atomic mass is 9.82. The van der Waals surface area contributed by atoms with Crippen LogP contribution in [0.25, 0.3) is 0 Å². The number of nitrogens with one attached hydrogen (secondary N) is 1. The molecule has 0 radical (unpaired) electrons. The highest BCUT2D eigenvalue weighted by Gasteiger charge is 2.46. The third kappa shape index (κ3) is 3.32. The summed E-state index contributed by atoms with van der Waals surface area (Å²) in [6.45, 7) is 1.75. The van der Waals surface area contributed by atoms with Crippen LogP contribution in [0.4, 0.5) is 0 Å². The van der Waals surface area contributed by atoms with Gasteiger partial charge in [0, 0.05) is 31.1 Å². The fourth-order valence-electron chi connectivity index (χ4n) is 4.26. The SMILES string of the molecule is O=C(N1CCCN(S(=O)(=O)c2cnc[nH]2)CC1)C1(c2cccs2)CCCC1. The molecule has 27 heavy (non-hydrogen) atoms. The summed E-state index contributed by atoms with van der Waals surface area (Å²) < 4.78 is 26.9. The summed E-state index contributed by atoms with van der Waals surface area (Å²) in [7, 11) is -3.59. The highest BCUT2D eigenvalue weighted by molar-refractivity contribution is 7.89. The summed E-state index contributed by atoms with van der Waals surface area (Å²) in [6, 6.07) is 4.08. The van der Waals surface area contributed by atoms with Gasteiger partial charge in [-0.1, -0.05) is 18.9 Å². The minimum atomic E-state index is -3.59. The number of hydrogen-bond acceptors (Lipinski definition) is 5. The van der Waals surface area contributed by atoms with E-state index in [4.69, 9.17) is 0 Å². The van der Waals surface area contributed by atoms with Crippen molar-refractivity contribution in [2.75, 3.05) is 26.2 Å². The Kier molecular flexibility index (Phi) is 5.09. The van der Waals surface area contributed by atoms with E-state index in [0.29, 0.717) is 32.6 Å². The first-order valence-corrected chi connectivity index (χ1v) is 11.7. The maximum absolute atomic E-state index is 13.5. The molecule has 2 aromatic rings. The molecule has 1 aliphatic carbocycles. The minimum Gasteiger partial charge on any atom is -0.341 e. The van der Waals surface area contributed by atoms with E-state index in [1.165, 1.54) is 16.8 Å². The van der Waals surface area contributed by atoms with Gasteiger partial charge in [0.1, 0.15) is 0 Å². The zero-order valence-corrected chi connectivity index (χ0v) is 16.8. The van der Waals surface area contributed by atoms with Crippen molar-refractivity contribution in [3.8, 4) is 0 Å². The first kappa shape index (κ1) is 18.6. The number of aromatic amines is 1. The van der Waals surface area contributed by atoms with Crippen molar-refractivity contribution < 1.29 is 13.2 Å². The standard InChI is InChI=1S/C18H24N4O3S2/c23-17(18(6-1-2-7-18)15-5-3-12-26-15)21-8-4-9-22(11-10-21)27(24,25)16-13-19-14-20-16/h3,5,12-14H,1-2,4,6-11H2,(H,19,20). The largest absolute Gasteiger partial charge is 0.341 e. The number of nitrogens with zero attached hydrogens (tertiary/aromatic N) is 3. The van der Waals surface area contributed by atoms with Gasteiger partial charge < -0.3 is 9.88 Å².